The second-order valence-corrected chi connectivity index (χ2v) is 11.1. The first-order valence-corrected chi connectivity index (χ1v) is 13.2. The fourth-order valence-electron chi connectivity index (χ4n) is 4.49. The van der Waals surface area contributed by atoms with Gasteiger partial charge in [0, 0.05) is 45.1 Å². The van der Waals surface area contributed by atoms with Crippen LogP contribution in [0.5, 0.6) is 5.75 Å². The summed E-state index contributed by atoms with van der Waals surface area (Å²) in [6.07, 6.45) is 4.16. The Hall–Kier alpha value is -2.97. The topological polar surface area (TPSA) is 66.9 Å². The van der Waals surface area contributed by atoms with Crippen molar-refractivity contribution in [1.29, 1.82) is 0 Å². The van der Waals surface area contributed by atoms with E-state index in [-0.39, 0.29) is 31.4 Å². The Balaban J connectivity index is 1.56. The number of fused-ring (bicyclic) bond motifs is 1. The Morgan fingerprint density at radius 1 is 1.09 bits per heavy atom. The maximum Gasteiger partial charge on any atom is 0.243 e. The summed E-state index contributed by atoms with van der Waals surface area (Å²) in [6.45, 7) is 6.76. The highest BCUT2D eigenvalue weighted by atomic mass is 32.2. The molecule has 1 heterocycles. The first-order valence-electron chi connectivity index (χ1n) is 11.7. The number of amides is 1. The minimum absolute atomic E-state index is 0.0776. The predicted molar refractivity (Wildman–Crippen MR) is 133 cm³/mol. The van der Waals surface area contributed by atoms with Crippen LogP contribution >= 0.6 is 0 Å². The van der Waals surface area contributed by atoms with E-state index < -0.39 is 10.0 Å². The van der Waals surface area contributed by atoms with Crippen LogP contribution in [-0.2, 0) is 27.9 Å². The lowest BCUT2D eigenvalue weighted by molar-refractivity contribution is -0.129. The molecule has 0 aromatic heterocycles. The summed E-state index contributed by atoms with van der Waals surface area (Å²) >= 11 is 0. The Morgan fingerprint density at radius 3 is 2.57 bits per heavy atom. The van der Waals surface area contributed by atoms with Crippen molar-refractivity contribution in [2.24, 2.45) is 0 Å². The Kier molecular flexibility index (Phi) is 7.42. The normalized spacial score (nSPS) is 16.5. The third-order valence-corrected chi connectivity index (χ3v) is 8.42. The first kappa shape index (κ1) is 25.1. The zero-order valence-corrected chi connectivity index (χ0v) is 21.2. The number of nitrogens with zero attached hydrogens (tertiary/aromatic N) is 2. The lowest BCUT2D eigenvalue weighted by Crippen LogP contribution is -2.33. The molecule has 35 heavy (non-hydrogen) atoms. The third-order valence-electron chi connectivity index (χ3n) is 6.42. The van der Waals surface area contributed by atoms with Gasteiger partial charge in [-0.2, -0.15) is 4.31 Å². The maximum atomic E-state index is 13.5. The van der Waals surface area contributed by atoms with E-state index in [4.69, 9.17) is 4.74 Å². The number of benzene rings is 2. The molecule has 0 unspecified atom stereocenters. The van der Waals surface area contributed by atoms with E-state index in [0.717, 1.165) is 22.3 Å². The molecule has 8 heteroatoms. The molecule has 2 aromatic carbocycles. The third kappa shape index (κ3) is 5.82. The van der Waals surface area contributed by atoms with Crippen molar-refractivity contribution in [3.63, 3.8) is 0 Å². The Labute approximate surface area is 206 Å². The van der Waals surface area contributed by atoms with E-state index in [2.05, 4.69) is 0 Å². The summed E-state index contributed by atoms with van der Waals surface area (Å²) in [5, 5.41) is 0. The fraction of sp³-hybridized carbons (Fsp3) is 0.370. The molecular formula is C27H31FN2O4S. The highest BCUT2D eigenvalue weighted by molar-refractivity contribution is 7.89. The van der Waals surface area contributed by atoms with Crippen molar-refractivity contribution in [1.82, 2.24) is 9.21 Å². The molecule has 2 aliphatic rings. The molecule has 0 saturated heterocycles. The number of sulfonamides is 1. The summed E-state index contributed by atoms with van der Waals surface area (Å²) in [5.41, 5.74) is 4.37. The molecule has 0 bridgehead atoms. The highest BCUT2D eigenvalue weighted by Gasteiger charge is 2.29. The molecule has 6 nitrogen and oxygen atoms in total. The molecule has 4 rings (SSSR count). The minimum atomic E-state index is -3.70. The maximum absolute atomic E-state index is 13.5. The molecule has 1 aliphatic heterocycles. The van der Waals surface area contributed by atoms with Crippen LogP contribution in [0.3, 0.4) is 0 Å². The summed E-state index contributed by atoms with van der Waals surface area (Å²) in [4.78, 5) is 14.3. The van der Waals surface area contributed by atoms with Gasteiger partial charge in [-0.25, -0.2) is 12.8 Å². The molecule has 1 aliphatic carbocycles. The summed E-state index contributed by atoms with van der Waals surface area (Å²) in [6, 6.07) is 11.0. The largest absolute Gasteiger partial charge is 0.492 e. The molecule has 0 atom stereocenters. The van der Waals surface area contributed by atoms with E-state index in [1.165, 1.54) is 17.3 Å². The monoisotopic (exact) mass is 498 g/mol. The van der Waals surface area contributed by atoms with Gasteiger partial charge in [0.1, 0.15) is 18.2 Å². The van der Waals surface area contributed by atoms with Crippen molar-refractivity contribution >= 4 is 15.9 Å². The van der Waals surface area contributed by atoms with Crippen molar-refractivity contribution in [2.75, 3.05) is 19.7 Å². The number of hydrogen-bond donors (Lipinski definition) is 0. The van der Waals surface area contributed by atoms with Crippen molar-refractivity contribution in [3.8, 4) is 5.75 Å². The zero-order chi connectivity index (χ0) is 25.2. The highest BCUT2D eigenvalue weighted by Crippen LogP contribution is 2.30. The second-order valence-electron chi connectivity index (χ2n) is 9.21. The number of halogens is 1. The van der Waals surface area contributed by atoms with Gasteiger partial charge in [-0.15, -0.1) is 0 Å². The van der Waals surface area contributed by atoms with E-state index in [9.17, 15) is 17.6 Å². The molecular weight excluding hydrogens is 467 g/mol. The van der Waals surface area contributed by atoms with Gasteiger partial charge >= 0.3 is 0 Å². The van der Waals surface area contributed by atoms with Crippen LogP contribution in [0.2, 0.25) is 0 Å². The van der Waals surface area contributed by atoms with Gasteiger partial charge in [-0.05, 0) is 55.7 Å². The lowest BCUT2D eigenvalue weighted by Gasteiger charge is -2.24. The number of carbonyl (C=O) groups excluding carboxylic acids is 1. The van der Waals surface area contributed by atoms with Gasteiger partial charge in [-0.1, -0.05) is 35.4 Å². The van der Waals surface area contributed by atoms with Gasteiger partial charge in [0.25, 0.3) is 0 Å². The van der Waals surface area contributed by atoms with Crippen molar-refractivity contribution in [3.05, 3.63) is 82.2 Å². The van der Waals surface area contributed by atoms with Crippen LogP contribution in [0.1, 0.15) is 42.0 Å². The van der Waals surface area contributed by atoms with Crippen molar-refractivity contribution in [2.45, 2.75) is 51.6 Å². The van der Waals surface area contributed by atoms with E-state index in [1.54, 1.807) is 17.0 Å². The molecule has 0 fully saturated rings. The van der Waals surface area contributed by atoms with Crippen LogP contribution < -0.4 is 4.74 Å². The number of hydrogen-bond acceptors (Lipinski definition) is 4. The number of rotatable bonds is 6. The number of carbonyl (C=O) groups is 1. The number of ether oxygens (including phenoxy) is 1. The average Bonchev–Trinajstić information content (AvgIpc) is 3.02. The van der Waals surface area contributed by atoms with Gasteiger partial charge in [-0.3, -0.25) is 4.79 Å². The zero-order valence-electron chi connectivity index (χ0n) is 20.4. The number of aryl methyl sites for hydroxylation is 2. The average molecular weight is 499 g/mol. The summed E-state index contributed by atoms with van der Waals surface area (Å²) < 4.78 is 47.6. The smallest absolute Gasteiger partial charge is 0.243 e. The lowest BCUT2D eigenvalue weighted by atomic mass is 10.0. The van der Waals surface area contributed by atoms with E-state index in [0.29, 0.717) is 42.1 Å². The van der Waals surface area contributed by atoms with E-state index >= 15 is 0 Å². The SMILES string of the molecule is CC(=O)N(CC1=CC=C(F)CC1)Cc1ccc2c(c1)CN(S(=O)(=O)c1ccc(C)cc1C)CCO2. The van der Waals surface area contributed by atoms with Crippen LogP contribution in [-0.4, -0.2) is 43.2 Å². The molecule has 186 valence electrons. The number of allylic oxidation sites excluding steroid dienone is 3. The summed E-state index contributed by atoms with van der Waals surface area (Å²) in [7, 11) is -3.70. The molecule has 1 amide bonds. The van der Waals surface area contributed by atoms with Gasteiger partial charge in [0.15, 0.2) is 0 Å². The standard InChI is InChI=1S/C27H31FN2O4S/c1-19-4-11-27(20(2)14-19)35(32,33)30-12-13-34-26-10-7-23(15-24(26)18-30)17-29(21(3)31)16-22-5-8-25(28)9-6-22/h4-5,7-8,10-11,14-15H,6,9,12-13,16-18H2,1-3H3. The van der Waals surface area contributed by atoms with Gasteiger partial charge in [0.2, 0.25) is 15.9 Å². The van der Waals surface area contributed by atoms with E-state index in [1.807, 2.05) is 44.2 Å². The first-order chi connectivity index (χ1) is 16.6. The van der Waals surface area contributed by atoms with Crippen LogP contribution in [0, 0.1) is 13.8 Å². The minimum Gasteiger partial charge on any atom is -0.492 e. The fourth-order valence-corrected chi connectivity index (χ4v) is 6.09. The molecule has 0 radical (unpaired) electrons. The predicted octanol–water partition coefficient (Wildman–Crippen LogP) is 4.81. The summed E-state index contributed by atoms with van der Waals surface area (Å²) in [5.74, 6) is 0.428. The van der Waals surface area contributed by atoms with Crippen LogP contribution in [0.15, 0.2) is 64.8 Å². The molecule has 0 saturated carbocycles. The van der Waals surface area contributed by atoms with Gasteiger partial charge < -0.3 is 9.64 Å². The van der Waals surface area contributed by atoms with Crippen LogP contribution in [0.4, 0.5) is 4.39 Å². The molecule has 0 N–H and O–H groups in total. The molecule has 2 aromatic rings. The van der Waals surface area contributed by atoms with Gasteiger partial charge in [0.05, 0.1) is 4.90 Å². The van der Waals surface area contributed by atoms with Crippen molar-refractivity contribution < 1.29 is 22.3 Å². The molecule has 0 spiro atoms. The Morgan fingerprint density at radius 2 is 1.89 bits per heavy atom. The second kappa shape index (κ2) is 10.3. The van der Waals surface area contributed by atoms with Crippen LogP contribution in [0.25, 0.3) is 0 Å². The quantitative estimate of drug-likeness (QED) is 0.573. The Bertz CT molecular complexity index is 1300.